The van der Waals surface area contributed by atoms with Gasteiger partial charge in [0.15, 0.2) is 5.03 Å². The van der Waals surface area contributed by atoms with Gasteiger partial charge in [0.2, 0.25) is 0 Å². The molecule has 0 bridgehead atoms. The Balaban J connectivity index is 1.55. The number of hydrogen-bond donors (Lipinski definition) is 3. The van der Waals surface area contributed by atoms with Crippen LogP contribution in [0.2, 0.25) is 0 Å². The van der Waals surface area contributed by atoms with Gasteiger partial charge in [0, 0.05) is 18.2 Å². The Morgan fingerprint density at radius 3 is 2.54 bits per heavy atom. The van der Waals surface area contributed by atoms with Crippen molar-refractivity contribution >= 4 is 21.7 Å². The number of benzene rings is 1. The first-order chi connectivity index (χ1) is 13.2. The van der Waals surface area contributed by atoms with Crippen molar-refractivity contribution in [1.29, 1.82) is 0 Å². The predicted octanol–water partition coefficient (Wildman–Crippen LogP) is 2.86. The summed E-state index contributed by atoms with van der Waals surface area (Å²) < 4.78 is 56.0. The predicted molar refractivity (Wildman–Crippen MR) is 94.0 cm³/mol. The fourth-order valence-electron chi connectivity index (χ4n) is 2.66. The van der Waals surface area contributed by atoms with Crippen molar-refractivity contribution in [3.63, 3.8) is 0 Å². The van der Waals surface area contributed by atoms with Crippen LogP contribution in [0.3, 0.4) is 0 Å². The standard InChI is InChI=1S/C17H14F2N4O4S/c18-12-6-14(13(19)5-11(12)17(24)25)22-28(26,27)16-4-3-10(7-20-16)23-8-15(21-23)9-1-2-9/h3-9,21-22H,1-2H2,(H,24,25). The summed E-state index contributed by atoms with van der Waals surface area (Å²) in [6.45, 7) is 0. The Morgan fingerprint density at radius 1 is 1.25 bits per heavy atom. The first-order valence-corrected chi connectivity index (χ1v) is 9.72. The third-order valence-corrected chi connectivity index (χ3v) is 5.62. The van der Waals surface area contributed by atoms with Crippen molar-refractivity contribution < 1.29 is 27.1 Å². The summed E-state index contributed by atoms with van der Waals surface area (Å²) in [5.41, 5.74) is 0.130. The zero-order chi connectivity index (χ0) is 20.1. The third kappa shape index (κ3) is 3.36. The van der Waals surface area contributed by atoms with Crippen LogP contribution in [0.25, 0.3) is 5.69 Å². The fourth-order valence-corrected chi connectivity index (χ4v) is 3.65. The molecule has 28 heavy (non-hydrogen) atoms. The van der Waals surface area contributed by atoms with E-state index in [-0.39, 0.29) is 0 Å². The lowest BCUT2D eigenvalue weighted by molar-refractivity contribution is 0.0691. The summed E-state index contributed by atoms with van der Waals surface area (Å²) in [5.74, 6) is -3.59. The second-order valence-corrected chi connectivity index (χ2v) is 8.05. The molecule has 11 heteroatoms. The van der Waals surface area contributed by atoms with Crippen LogP contribution in [0.15, 0.2) is 41.7 Å². The number of halogens is 2. The van der Waals surface area contributed by atoms with E-state index < -0.39 is 43.9 Å². The average molecular weight is 408 g/mol. The van der Waals surface area contributed by atoms with Gasteiger partial charge in [-0.25, -0.2) is 18.6 Å². The number of nitrogens with one attached hydrogen (secondary N) is 2. The second kappa shape index (κ2) is 6.44. The van der Waals surface area contributed by atoms with Crippen LogP contribution in [0.1, 0.15) is 34.8 Å². The highest BCUT2D eigenvalue weighted by Gasteiger charge is 2.27. The van der Waals surface area contributed by atoms with Gasteiger partial charge in [-0.05, 0) is 31.0 Å². The lowest BCUT2D eigenvalue weighted by atomic mass is 10.2. The number of hydrogen-bond acceptors (Lipinski definition) is 4. The van der Waals surface area contributed by atoms with Crippen LogP contribution in [0, 0.1) is 11.6 Å². The highest BCUT2D eigenvalue weighted by atomic mass is 32.2. The largest absolute Gasteiger partial charge is 0.478 e. The van der Waals surface area contributed by atoms with Crippen LogP contribution < -0.4 is 4.72 Å². The Kier molecular flexibility index (Phi) is 4.18. The normalized spacial score (nSPS) is 14.2. The maximum absolute atomic E-state index is 14.0. The highest BCUT2D eigenvalue weighted by molar-refractivity contribution is 7.92. The second-order valence-electron chi connectivity index (χ2n) is 6.42. The number of carbonyl (C=O) groups is 1. The van der Waals surface area contributed by atoms with Crippen molar-refractivity contribution in [1.82, 2.24) is 14.8 Å². The Morgan fingerprint density at radius 2 is 1.96 bits per heavy atom. The van der Waals surface area contributed by atoms with E-state index in [0.717, 1.165) is 18.5 Å². The molecule has 8 nitrogen and oxygen atoms in total. The van der Waals surface area contributed by atoms with E-state index in [1.165, 1.54) is 18.3 Å². The number of aromatic nitrogens is 3. The maximum Gasteiger partial charge on any atom is 0.338 e. The minimum absolute atomic E-state index is 0.398. The number of nitrogens with zero attached hydrogens (tertiary/aromatic N) is 2. The molecule has 3 N–H and O–H groups in total. The lowest BCUT2D eigenvalue weighted by Gasteiger charge is -2.15. The molecule has 1 aromatic carbocycles. The number of carboxylic acid groups (broad SMARTS) is 1. The summed E-state index contributed by atoms with van der Waals surface area (Å²) in [6.07, 6.45) is 5.53. The van der Waals surface area contributed by atoms with Gasteiger partial charge in [-0.15, -0.1) is 0 Å². The Labute approximate surface area is 157 Å². The van der Waals surface area contributed by atoms with Crippen molar-refractivity contribution in [3.05, 3.63) is 59.6 Å². The third-order valence-electron chi connectivity index (χ3n) is 4.34. The molecule has 0 amide bonds. The molecule has 0 spiro atoms. The van der Waals surface area contributed by atoms with E-state index in [1.807, 2.05) is 10.9 Å². The smallest absolute Gasteiger partial charge is 0.338 e. The van der Waals surface area contributed by atoms with E-state index in [9.17, 15) is 22.0 Å². The number of carboxylic acids is 1. The van der Waals surface area contributed by atoms with Crippen molar-refractivity contribution in [2.24, 2.45) is 0 Å². The van der Waals surface area contributed by atoms with Crippen LogP contribution in [-0.4, -0.2) is 34.3 Å². The van der Waals surface area contributed by atoms with E-state index >= 15 is 0 Å². The van der Waals surface area contributed by atoms with Gasteiger partial charge in [-0.3, -0.25) is 14.5 Å². The number of aromatic amines is 1. The van der Waals surface area contributed by atoms with Crippen LogP contribution in [-0.2, 0) is 10.0 Å². The summed E-state index contributed by atoms with van der Waals surface area (Å²) in [5, 5.41) is 11.5. The van der Waals surface area contributed by atoms with Gasteiger partial charge in [-0.2, -0.15) is 8.42 Å². The molecule has 0 radical (unpaired) electrons. The molecule has 3 aromatic rings. The quantitative estimate of drug-likeness (QED) is 0.580. The van der Waals surface area contributed by atoms with Crippen molar-refractivity contribution in [2.75, 3.05) is 4.72 Å². The molecule has 146 valence electrons. The average Bonchev–Trinajstić information content (AvgIpc) is 3.41. The molecule has 1 saturated carbocycles. The van der Waals surface area contributed by atoms with Crippen molar-refractivity contribution in [2.45, 2.75) is 23.8 Å². The number of H-pyrrole nitrogens is 1. The molecule has 2 aromatic heterocycles. The summed E-state index contributed by atoms with van der Waals surface area (Å²) >= 11 is 0. The molecular weight excluding hydrogens is 394 g/mol. The van der Waals surface area contributed by atoms with E-state index in [1.54, 1.807) is 4.68 Å². The van der Waals surface area contributed by atoms with Crippen LogP contribution >= 0.6 is 0 Å². The van der Waals surface area contributed by atoms with E-state index in [0.29, 0.717) is 23.7 Å². The molecular formula is C17H14F2N4O4S. The fraction of sp³-hybridized carbons (Fsp3) is 0.176. The highest BCUT2D eigenvalue weighted by Crippen LogP contribution is 2.39. The van der Waals surface area contributed by atoms with Gasteiger partial charge in [0.1, 0.15) is 11.6 Å². The lowest BCUT2D eigenvalue weighted by Crippen LogP contribution is -2.17. The number of pyridine rings is 1. The van der Waals surface area contributed by atoms with Gasteiger partial charge >= 0.3 is 5.97 Å². The first kappa shape index (κ1) is 18.2. The molecule has 0 aliphatic heterocycles. The van der Waals surface area contributed by atoms with Gasteiger partial charge < -0.3 is 5.11 Å². The number of rotatable bonds is 6. The number of anilines is 1. The molecule has 1 aliphatic carbocycles. The van der Waals surface area contributed by atoms with Gasteiger partial charge in [0.25, 0.3) is 10.0 Å². The minimum Gasteiger partial charge on any atom is -0.478 e. The first-order valence-electron chi connectivity index (χ1n) is 8.23. The van der Waals surface area contributed by atoms with Crippen LogP contribution in [0.5, 0.6) is 0 Å². The minimum atomic E-state index is -4.30. The molecule has 0 atom stereocenters. The molecule has 4 rings (SSSR count). The molecule has 2 heterocycles. The summed E-state index contributed by atoms with van der Waals surface area (Å²) in [4.78, 5) is 14.7. The van der Waals surface area contributed by atoms with Crippen LogP contribution in [0.4, 0.5) is 14.5 Å². The summed E-state index contributed by atoms with van der Waals surface area (Å²) in [7, 11) is -4.30. The Bertz CT molecular complexity index is 1150. The Hall–Kier alpha value is -3.21. The SMILES string of the molecule is O=C(O)c1cc(F)c(NS(=O)(=O)c2ccc(-n3cc(C4CC4)[nH]3)cn2)cc1F. The number of aromatic carboxylic acids is 1. The van der Waals surface area contributed by atoms with E-state index in [2.05, 4.69) is 10.1 Å². The zero-order valence-corrected chi connectivity index (χ0v) is 15.0. The molecule has 0 saturated heterocycles. The molecule has 0 unspecified atom stereocenters. The molecule has 1 aliphatic rings. The summed E-state index contributed by atoms with van der Waals surface area (Å²) in [6, 6.07) is 3.62. The van der Waals surface area contributed by atoms with Gasteiger partial charge in [-0.1, -0.05) is 0 Å². The van der Waals surface area contributed by atoms with Gasteiger partial charge in [0.05, 0.1) is 28.8 Å². The van der Waals surface area contributed by atoms with E-state index in [4.69, 9.17) is 5.11 Å². The molecule has 1 fully saturated rings. The zero-order valence-electron chi connectivity index (χ0n) is 14.2. The maximum atomic E-state index is 14.0. The van der Waals surface area contributed by atoms with Crippen molar-refractivity contribution in [3.8, 4) is 5.69 Å². The number of sulfonamides is 1. The topological polar surface area (TPSA) is 117 Å². The monoisotopic (exact) mass is 408 g/mol.